The zero-order valence-corrected chi connectivity index (χ0v) is 23.1. The second-order valence-corrected chi connectivity index (χ2v) is 10.9. The molecule has 216 valence electrons. The van der Waals surface area contributed by atoms with Gasteiger partial charge in [0.05, 0.1) is 28.0 Å². The Morgan fingerprint density at radius 1 is 1.07 bits per heavy atom. The summed E-state index contributed by atoms with van der Waals surface area (Å²) in [7, 11) is 0. The molecule has 3 aromatic carbocycles. The monoisotopic (exact) mass is 593 g/mol. The van der Waals surface area contributed by atoms with E-state index in [9.17, 15) is 18.8 Å². The Balaban J connectivity index is 1.28. The van der Waals surface area contributed by atoms with E-state index in [4.69, 9.17) is 4.74 Å². The zero-order chi connectivity index (χ0) is 29.2. The Morgan fingerprint density at radius 3 is 2.64 bits per heavy atom. The number of alkyl halides is 1. The predicted octanol–water partition coefficient (Wildman–Crippen LogP) is 4.76. The van der Waals surface area contributed by atoms with Crippen molar-refractivity contribution < 1.29 is 17.9 Å². The summed E-state index contributed by atoms with van der Waals surface area (Å²) in [5, 5.41) is 13.2. The maximum atomic E-state index is 15.1. The van der Waals surface area contributed by atoms with Gasteiger partial charge in [-0.15, -0.1) is 0 Å². The number of halogens is 3. The number of fused-ring (bicyclic) bond motifs is 1. The highest BCUT2D eigenvalue weighted by atomic mass is 32.2. The molecule has 0 amide bonds. The van der Waals surface area contributed by atoms with Crippen molar-refractivity contribution in [1.29, 1.82) is 5.26 Å². The Bertz CT molecular complexity index is 1740. The standard InChI is InChI=1S/C29H26F3N7O2S/c30-18-7-10-38(16-18)42-36-26-5-3-23(31)28(22(26)15-33)41-20-2-4-25-21(14-20)29(40)39(17-35-25)19-1-6-27(24(32)13-19)37-11-8-34-9-12-37/h1-6,13-14,17-18,34,36H,7-12,16H2. The highest BCUT2D eigenvalue weighted by Gasteiger charge is 2.24. The summed E-state index contributed by atoms with van der Waals surface area (Å²) in [4.78, 5) is 19.8. The molecule has 0 bridgehead atoms. The number of ether oxygens (including phenoxy) is 1. The molecule has 13 heteroatoms. The largest absolute Gasteiger partial charge is 0.453 e. The molecule has 1 aromatic heterocycles. The van der Waals surface area contributed by atoms with Crippen molar-refractivity contribution in [3.63, 3.8) is 0 Å². The third-order valence-corrected chi connectivity index (χ3v) is 8.12. The van der Waals surface area contributed by atoms with Gasteiger partial charge in [0.15, 0.2) is 11.6 Å². The second kappa shape index (κ2) is 11.9. The summed E-state index contributed by atoms with van der Waals surface area (Å²) < 4.78 is 55.3. The number of nitrogens with one attached hydrogen (secondary N) is 2. The van der Waals surface area contributed by atoms with Crippen LogP contribution in [0.25, 0.3) is 16.6 Å². The third kappa shape index (κ3) is 5.61. The van der Waals surface area contributed by atoms with E-state index >= 15 is 4.39 Å². The molecule has 0 spiro atoms. The van der Waals surface area contributed by atoms with Crippen molar-refractivity contribution in [2.24, 2.45) is 0 Å². The molecule has 0 radical (unpaired) electrons. The number of benzene rings is 3. The minimum atomic E-state index is -0.912. The van der Waals surface area contributed by atoms with Gasteiger partial charge >= 0.3 is 0 Å². The van der Waals surface area contributed by atoms with E-state index in [-0.39, 0.29) is 29.0 Å². The van der Waals surface area contributed by atoms with E-state index in [0.717, 1.165) is 31.3 Å². The fourth-order valence-corrected chi connectivity index (χ4v) is 5.84. The van der Waals surface area contributed by atoms with Gasteiger partial charge in [0.2, 0.25) is 0 Å². The number of hydrogen-bond acceptors (Lipinski definition) is 9. The number of nitriles is 1. The summed E-state index contributed by atoms with van der Waals surface area (Å²) >= 11 is 1.13. The van der Waals surface area contributed by atoms with Crippen LogP contribution in [0.15, 0.2) is 59.7 Å². The number of anilines is 2. The topological polar surface area (TPSA) is 98.5 Å². The number of nitrogens with zero attached hydrogens (tertiary/aromatic N) is 5. The maximum absolute atomic E-state index is 15.1. The number of aromatic nitrogens is 2. The minimum Gasteiger partial charge on any atom is -0.453 e. The molecule has 1 atom stereocenters. The van der Waals surface area contributed by atoms with E-state index in [1.165, 1.54) is 35.2 Å². The smallest absolute Gasteiger partial charge is 0.265 e. The van der Waals surface area contributed by atoms with Crippen LogP contribution in [0.4, 0.5) is 24.5 Å². The molecule has 3 heterocycles. The number of rotatable bonds is 7. The third-order valence-electron chi connectivity index (χ3n) is 7.22. The van der Waals surface area contributed by atoms with Gasteiger partial charge in [0.1, 0.15) is 35.7 Å². The SMILES string of the molecule is N#Cc1c(NSN2CCC(F)C2)ccc(F)c1Oc1ccc2ncn(-c3ccc(N4CCNCC4)c(F)c3)c(=O)c2c1. The molecule has 6 rings (SSSR count). The van der Waals surface area contributed by atoms with E-state index in [1.54, 1.807) is 22.5 Å². The Kier molecular flexibility index (Phi) is 7.92. The summed E-state index contributed by atoms with van der Waals surface area (Å²) in [6.07, 6.45) is 0.841. The van der Waals surface area contributed by atoms with E-state index < -0.39 is 23.4 Å². The molecular weight excluding hydrogens is 567 g/mol. The maximum Gasteiger partial charge on any atom is 0.265 e. The first-order valence-corrected chi connectivity index (χ1v) is 14.2. The first kappa shape index (κ1) is 27.9. The van der Waals surface area contributed by atoms with Crippen molar-refractivity contribution in [2.45, 2.75) is 12.6 Å². The van der Waals surface area contributed by atoms with Gasteiger partial charge in [0.25, 0.3) is 5.56 Å². The predicted molar refractivity (Wildman–Crippen MR) is 156 cm³/mol. The molecule has 2 N–H and O–H groups in total. The molecule has 2 aliphatic heterocycles. The average molecular weight is 594 g/mol. The molecule has 0 aliphatic carbocycles. The lowest BCUT2D eigenvalue weighted by atomic mass is 10.1. The molecule has 2 fully saturated rings. The first-order valence-electron chi connectivity index (χ1n) is 13.4. The molecule has 0 saturated carbocycles. The van der Waals surface area contributed by atoms with Crippen LogP contribution >= 0.6 is 12.1 Å². The van der Waals surface area contributed by atoms with Crippen LogP contribution in [-0.4, -0.2) is 59.3 Å². The molecule has 2 aliphatic rings. The Hall–Kier alpha value is -4.25. The van der Waals surface area contributed by atoms with Crippen LogP contribution in [0.2, 0.25) is 0 Å². The van der Waals surface area contributed by atoms with Gasteiger partial charge in [-0.1, -0.05) is 0 Å². The fraction of sp³-hybridized carbons (Fsp3) is 0.276. The lowest BCUT2D eigenvalue weighted by molar-refractivity contribution is 0.349. The van der Waals surface area contributed by atoms with Crippen LogP contribution in [0, 0.1) is 23.0 Å². The summed E-state index contributed by atoms with van der Waals surface area (Å²) in [6.45, 7) is 3.68. The van der Waals surface area contributed by atoms with Crippen LogP contribution in [-0.2, 0) is 0 Å². The van der Waals surface area contributed by atoms with Gasteiger partial charge in [-0.3, -0.25) is 9.36 Å². The average Bonchev–Trinajstić information content (AvgIpc) is 3.43. The van der Waals surface area contributed by atoms with Crippen molar-refractivity contribution in [2.75, 3.05) is 48.9 Å². The van der Waals surface area contributed by atoms with Gasteiger partial charge < -0.3 is 19.7 Å². The molecular formula is C29H26F3N7O2S. The van der Waals surface area contributed by atoms with Crippen molar-refractivity contribution in [3.05, 3.63) is 82.4 Å². The van der Waals surface area contributed by atoms with Gasteiger partial charge in [-0.05, 0) is 48.9 Å². The van der Waals surface area contributed by atoms with Gasteiger partial charge in [-0.25, -0.2) is 22.5 Å². The number of hydrogen-bond donors (Lipinski definition) is 2. The van der Waals surface area contributed by atoms with Crippen LogP contribution < -0.4 is 25.2 Å². The highest BCUT2D eigenvalue weighted by molar-refractivity contribution is 7.98. The Morgan fingerprint density at radius 2 is 1.90 bits per heavy atom. The Labute approximate surface area is 243 Å². The molecule has 4 aromatic rings. The molecule has 1 unspecified atom stereocenters. The lowest BCUT2D eigenvalue weighted by Crippen LogP contribution is -2.43. The van der Waals surface area contributed by atoms with Gasteiger partial charge in [-0.2, -0.15) is 5.26 Å². The minimum absolute atomic E-state index is 0.0813. The van der Waals surface area contributed by atoms with E-state index in [1.807, 2.05) is 11.0 Å². The van der Waals surface area contributed by atoms with E-state index in [2.05, 4.69) is 15.0 Å². The van der Waals surface area contributed by atoms with Crippen molar-refractivity contribution >= 4 is 34.4 Å². The fourth-order valence-electron chi connectivity index (χ4n) is 5.01. The normalized spacial score (nSPS) is 17.4. The van der Waals surface area contributed by atoms with E-state index in [0.29, 0.717) is 48.6 Å². The lowest BCUT2D eigenvalue weighted by Gasteiger charge is -2.29. The molecule has 42 heavy (non-hydrogen) atoms. The quantitative estimate of drug-likeness (QED) is 0.294. The summed E-state index contributed by atoms with van der Waals surface area (Å²) in [5.74, 6) is -1.42. The molecule has 2 saturated heterocycles. The van der Waals surface area contributed by atoms with Crippen LogP contribution in [0.1, 0.15) is 12.0 Å². The second-order valence-electron chi connectivity index (χ2n) is 9.95. The highest BCUT2D eigenvalue weighted by Crippen LogP contribution is 2.35. The number of piperazine rings is 1. The van der Waals surface area contributed by atoms with Gasteiger partial charge in [0, 0.05) is 57.5 Å². The zero-order valence-electron chi connectivity index (χ0n) is 22.3. The first-order chi connectivity index (χ1) is 20.4. The molecule has 9 nitrogen and oxygen atoms in total. The summed E-state index contributed by atoms with van der Waals surface area (Å²) in [6, 6.07) is 13.6. The van der Waals surface area contributed by atoms with Crippen LogP contribution in [0.3, 0.4) is 0 Å². The van der Waals surface area contributed by atoms with Crippen LogP contribution in [0.5, 0.6) is 11.5 Å². The summed E-state index contributed by atoms with van der Waals surface area (Å²) in [5.41, 5.74) is 0.897. The van der Waals surface area contributed by atoms with Crippen molar-refractivity contribution in [1.82, 2.24) is 19.2 Å². The van der Waals surface area contributed by atoms with Crippen molar-refractivity contribution in [3.8, 4) is 23.3 Å².